The summed E-state index contributed by atoms with van der Waals surface area (Å²) in [5.74, 6) is -0.282. The summed E-state index contributed by atoms with van der Waals surface area (Å²) in [5.41, 5.74) is 3.10. The topological polar surface area (TPSA) is 102 Å². The lowest BCUT2D eigenvalue weighted by atomic mass is 10.0. The molecule has 2 amide bonds. The second kappa shape index (κ2) is 12.2. The fourth-order valence-electron chi connectivity index (χ4n) is 4.53. The number of carbonyl (C=O) groups is 2. The molecule has 10 heteroatoms. The van der Waals surface area contributed by atoms with Gasteiger partial charge in [-0.2, -0.15) is 4.80 Å². The molecule has 4 aromatic rings. The summed E-state index contributed by atoms with van der Waals surface area (Å²) in [6, 6.07) is 22.8. The third-order valence-electron chi connectivity index (χ3n) is 6.56. The summed E-state index contributed by atoms with van der Waals surface area (Å²) < 4.78 is 5.68. The molecule has 9 nitrogen and oxygen atoms in total. The maximum Gasteiger partial charge on any atom is 0.251 e. The van der Waals surface area contributed by atoms with Crippen LogP contribution in [-0.4, -0.2) is 51.3 Å². The highest BCUT2D eigenvalue weighted by Crippen LogP contribution is 2.29. The van der Waals surface area contributed by atoms with E-state index >= 15 is 0 Å². The molecule has 2 atom stereocenters. The van der Waals surface area contributed by atoms with Gasteiger partial charge in [0.15, 0.2) is 0 Å². The Bertz CT molecular complexity index is 1400. The van der Waals surface area contributed by atoms with Crippen LogP contribution in [0.2, 0.25) is 5.02 Å². The predicted molar refractivity (Wildman–Crippen MR) is 148 cm³/mol. The molecule has 1 N–H and O–H groups in total. The molecule has 200 valence electrons. The van der Waals surface area contributed by atoms with Gasteiger partial charge in [-0.25, -0.2) is 0 Å². The molecule has 0 saturated carbocycles. The number of aromatic nitrogens is 4. The smallest absolute Gasteiger partial charge is 0.251 e. The Labute approximate surface area is 231 Å². The lowest BCUT2D eigenvalue weighted by Gasteiger charge is -2.31. The number of para-hydroxylation sites is 1. The maximum absolute atomic E-state index is 13.9. The van der Waals surface area contributed by atoms with Gasteiger partial charge in [-0.15, -0.1) is 10.2 Å². The molecule has 1 aliphatic rings. The van der Waals surface area contributed by atoms with Crippen LogP contribution >= 0.6 is 11.6 Å². The van der Waals surface area contributed by atoms with Crippen LogP contribution in [-0.2, 0) is 20.9 Å². The zero-order valence-electron chi connectivity index (χ0n) is 21.5. The summed E-state index contributed by atoms with van der Waals surface area (Å²) in [7, 11) is 0. The van der Waals surface area contributed by atoms with Crippen molar-refractivity contribution in [3.05, 3.63) is 95.0 Å². The van der Waals surface area contributed by atoms with E-state index < -0.39 is 6.04 Å². The lowest BCUT2D eigenvalue weighted by molar-refractivity contribution is -0.127. The number of aryl methyl sites for hydroxylation is 1. The Balaban J connectivity index is 1.45. The average molecular weight is 545 g/mol. The number of benzene rings is 3. The normalized spacial score (nSPS) is 15.6. The number of amides is 2. The molecule has 3 aromatic carbocycles. The monoisotopic (exact) mass is 544 g/mol. The minimum atomic E-state index is -0.960. The molecule has 1 aromatic heterocycles. The summed E-state index contributed by atoms with van der Waals surface area (Å²) in [5, 5.41) is 16.2. The fraction of sp³-hybridized carbons (Fsp3) is 0.276. The molecule has 0 bridgehead atoms. The molecule has 0 spiro atoms. The van der Waals surface area contributed by atoms with E-state index in [9.17, 15) is 9.59 Å². The minimum absolute atomic E-state index is 0.0414. The summed E-state index contributed by atoms with van der Waals surface area (Å²) in [4.78, 5) is 30.4. The standard InChI is InChI=1S/C29H29ClN6O3/c1-20-9-11-22(12-10-20)28-32-34-35(33-28)19-26(37)36(24-6-3-2-4-7-24)27(21-13-15-23(30)16-14-21)29(38)31-18-25-8-5-17-39-25/h2-4,6-7,9-16,25,27H,5,8,17-19H2,1H3,(H,31,38)/t25-,27-/m1/s1. The Morgan fingerprint density at radius 2 is 1.82 bits per heavy atom. The number of anilines is 1. The van der Waals surface area contributed by atoms with Gasteiger partial charge in [-0.05, 0) is 54.8 Å². The van der Waals surface area contributed by atoms with E-state index in [1.165, 1.54) is 9.70 Å². The quantitative estimate of drug-likeness (QED) is 0.336. The Morgan fingerprint density at radius 3 is 2.51 bits per heavy atom. The van der Waals surface area contributed by atoms with Crippen LogP contribution < -0.4 is 10.2 Å². The second-order valence-electron chi connectivity index (χ2n) is 9.44. The first-order valence-corrected chi connectivity index (χ1v) is 13.2. The van der Waals surface area contributed by atoms with Crippen LogP contribution in [0.5, 0.6) is 0 Å². The first kappa shape index (κ1) is 26.5. The van der Waals surface area contributed by atoms with Crippen LogP contribution in [0.15, 0.2) is 78.9 Å². The fourth-order valence-corrected chi connectivity index (χ4v) is 4.66. The predicted octanol–water partition coefficient (Wildman–Crippen LogP) is 4.37. The van der Waals surface area contributed by atoms with Gasteiger partial charge < -0.3 is 10.1 Å². The SMILES string of the molecule is Cc1ccc(-c2nnn(CC(=O)N(c3ccccc3)[C@@H](C(=O)NC[C@H]3CCCO3)c3ccc(Cl)cc3)n2)cc1. The van der Waals surface area contributed by atoms with Crippen LogP contribution in [0.3, 0.4) is 0 Å². The molecular weight excluding hydrogens is 516 g/mol. The van der Waals surface area contributed by atoms with Crippen molar-refractivity contribution in [3.63, 3.8) is 0 Å². The zero-order chi connectivity index (χ0) is 27.2. The molecule has 1 aliphatic heterocycles. The third kappa shape index (κ3) is 6.50. The van der Waals surface area contributed by atoms with Crippen molar-refractivity contribution in [2.24, 2.45) is 0 Å². The second-order valence-corrected chi connectivity index (χ2v) is 9.88. The molecule has 0 unspecified atom stereocenters. The highest BCUT2D eigenvalue weighted by Gasteiger charge is 2.34. The molecule has 39 heavy (non-hydrogen) atoms. The number of rotatable bonds is 9. The molecule has 1 fully saturated rings. The highest BCUT2D eigenvalue weighted by molar-refractivity contribution is 6.30. The van der Waals surface area contributed by atoms with Gasteiger partial charge in [0.2, 0.25) is 11.7 Å². The van der Waals surface area contributed by atoms with E-state index in [0.717, 1.165) is 24.0 Å². The zero-order valence-corrected chi connectivity index (χ0v) is 22.3. The number of halogens is 1. The molecule has 0 aliphatic carbocycles. The first-order valence-electron chi connectivity index (χ1n) is 12.8. The number of hydrogen-bond acceptors (Lipinski definition) is 6. The van der Waals surface area contributed by atoms with E-state index in [1.807, 2.05) is 49.4 Å². The van der Waals surface area contributed by atoms with Crippen LogP contribution in [0.25, 0.3) is 11.4 Å². The first-order chi connectivity index (χ1) is 19.0. The van der Waals surface area contributed by atoms with E-state index in [1.54, 1.807) is 36.4 Å². The molecule has 1 saturated heterocycles. The van der Waals surface area contributed by atoms with Gasteiger partial charge in [-0.1, -0.05) is 71.8 Å². The van der Waals surface area contributed by atoms with Crippen molar-refractivity contribution in [2.45, 2.75) is 38.5 Å². The summed E-state index contributed by atoms with van der Waals surface area (Å²) in [6.45, 7) is 2.84. The van der Waals surface area contributed by atoms with Gasteiger partial charge in [-0.3, -0.25) is 14.5 Å². The lowest BCUT2D eigenvalue weighted by Crippen LogP contribution is -2.46. The maximum atomic E-state index is 13.9. The molecular formula is C29H29ClN6O3. The number of nitrogens with zero attached hydrogens (tertiary/aromatic N) is 5. The number of ether oxygens (including phenoxy) is 1. The van der Waals surface area contributed by atoms with Crippen molar-refractivity contribution >= 4 is 29.1 Å². The van der Waals surface area contributed by atoms with Crippen LogP contribution in [0.4, 0.5) is 5.69 Å². The van der Waals surface area contributed by atoms with E-state index in [0.29, 0.717) is 35.2 Å². The van der Waals surface area contributed by atoms with E-state index in [2.05, 4.69) is 20.7 Å². The average Bonchev–Trinajstić information content (AvgIpc) is 3.64. The number of hydrogen-bond donors (Lipinski definition) is 1. The van der Waals surface area contributed by atoms with Gasteiger partial charge in [0.25, 0.3) is 5.91 Å². The van der Waals surface area contributed by atoms with Crippen molar-refractivity contribution in [2.75, 3.05) is 18.1 Å². The molecule has 0 radical (unpaired) electrons. The number of carbonyl (C=O) groups excluding carboxylic acids is 2. The van der Waals surface area contributed by atoms with Crippen molar-refractivity contribution < 1.29 is 14.3 Å². The van der Waals surface area contributed by atoms with Gasteiger partial charge >= 0.3 is 0 Å². The molecule has 5 rings (SSSR count). The number of tetrazole rings is 1. The van der Waals surface area contributed by atoms with Crippen molar-refractivity contribution in [3.8, 4) is 11.4 Å². The Kier molecular flexibility index (Phi) is 8.29. The molecule has 2 heterocycles. The van der Waals surface area contributed by atoms with Crippen LogP contribution in [0, 0.1) is 6.92 Å². The van der Waals surface area contributed by atoms with E-state index in [-0.39, 0.29) is 24.5 Å². The van der Waals surface area contributed by atoms with Crippen molar-refractivity contribution in [1.82, 2.24) is 25.5 Å². The minimum Gasteiger partial charge on any atom is -0.376 e. The Hall–Kier alpha value is -4.08. The van der Waals surface area contributed by atoms with Crippen LogP contribution in [0.1, 0.15) is 30.0 Å². The summed E-state index contributed by atoms with van der Waals surface area (Å²) >= 11 is 6.15. The number of nitrogens with one attached hydrogen (secondary N) is 1. The summed E-state index contributed by atoms with van der Waals surface area (Å²) in [6.07, 6.45) is 1.81. The largest absolute Gasteiger partial charge is 0.376 e. The van der Waals surface area contributed by atoms with Gasteiger partial charge in [0.05, 0.1) is 6.10 Å². The van der Waals surface area contributed by atoms with Gasteiger partial charge in [0.1, 0.15) is 12.6 Å². The van der Waals surface area contributed by atoms with E-state index in [4.69, 9.17) is 16.3 Å². The highest BCUT2D eigenvalue weighted by atomic mass is 35.5. The Morgan fingerprint density at radius 1 is 1.08 bits per heavy atom. The van der Waals surface area contributed by atoms with Crippen molar-refractivity contribution in [1.29, 1.82) is 0 Å². The third-order valence-corrected chi connectivity index (χ3v) is 6.81. The van der Waals surface area contributed by atoms with Gasteiger partial charge in [0, 0.05) is 29.4 Å².